The molecule has 3 aromatic rings. The molecule has 0 amide bonds. The van der Waals surface area contributed by atoms with Crippen LogP contribution in [0.1, 0.15) is 12.8 Å². The van der Waals surface area contributed by atoms with E-state index in [-0.39, 0.29) is 6.10 Å². The molecular formula is C20H23N3O3S2. The van der Waals surface area contributed by atoms with Crippen molar-refractivity contribution in [1.29, 1.82) is 0 Å². The van der Waals surface area contributed by atoms with Crippen molar-refractivity contribution in [2.45, 2.75) is 30.6 Å². The van der Waals surface area contributed by atoms with Crippen LogP contribution in [0.4, 0.5) is 0 Å². The Morgan fingerprint density at radius 1 is 1.21 bits per heavy atom. The lowest BCUT2D eigenvalue weighted by Gasteiger charge is -2.14. The Kier molecular flexibility index (Phi) is 6.51. The number of hydrogen-bond acceptors (Lipinski definition) is 7. The van der Waals surface area contributed by atoms with Crippen LogP contribution in [0.5, 0.6) is 11.5 Å². The molecule has 2 aromatic heterocycles. The first-order chi connectivity index (χ1) is 13.8. The molecule has 1 fully saturated rings. The van der Waals surface area contributed by atoms with Crippen LogP contribution >= 0.6 is 23.1 Å². The smallest absolute Gasteiger partial charge is 0.191 e. The lowest BCUT2D eigenvalue weighted by atomic mass is 10.2. The summed E-state index contributed by atoms with van der Waals surface area (Å²) in [6.07, 6.45) is 2.45. The molecular weight excluding hydrogens is 394 g/mol. The first-order valence-electron chi connectivity index (χ1n) is 9.32. The molecule has 8 heteroatoms. The second-order valence-corrected chi connectivity index (χ2v) is 8.41. The standard InChI is InChI=1S/C20H23N3O3S2/c1-24-15-6-8-16(9-7-15)26-11-13-28-20-22-21-19(18-5-3-12-27-18)23(20)14-17-4-2-10-25-17/h3,5-9,12,17H,2,4,10-11,13-14H2,1H3. The summed E-state index contributed by atoms with van der Waals surface area (Å²) in [5.74, 6) is 3.37. The molecule has 6 nitrogen and oxygen atoms in total. The van der Waals surface area contributed by atoms with Gasteiger partial charge in [-0.05, 0) is 48.6 Å². The molecule has 3 heterocycles. The van der Waals surface area contributed by atoms with Crippen molar-refractivity contribution in [3.8, 4) is 22.2 Å². The average molecular weight is 418 g/mol. The Morgan fingerprint density at radius 2 is 2.07 bits per heavy atom. The SMILES string of the molecule is COc1ccc(OCCSc2nnc(-c3cccs3)n2CC2CCCO2)cc1. The Hall–Kier alpha value is -2.03. The molecule has 0 N–H and O–H groups in total. The fourth-order valence-electron chi connectivity index (χ4n) is 3.10. The second-order valence-electron chi connectivity index (χ2n) is 6.40. The minimum Gasteiger partial charge on any atom is -0.497 e. The highest BCUT2D eigenvalue weighted by Gasteiger charge is 2.22. The van der Waals surface area contributed by atoms with Gasteiger partial charge in [0, 0.05) is 12.4 Å². The topological polar surface area (TPSA) is 58.4 Å². The maximum absolute atomic E-state index is 5.84. The van der Waals surface area contributed by atoms with Gasteiger partial charge in [-0.25, -0.2) is 0 Å². The van der Waals surface area contributed by atoms with Crippen molar-refractivity contribution in [3.05, 3.63) is 41.8 Å². The number of thiophene rings is 1. The number of rotatable bonds is 9. The van der Waals surface area contributed by atoms with Crippen LogP contribution in [0.25, 0.3) is 10.7 Å². The highest BCUT2D eigenvalue weighted by molar-refractivity contribution is 7.99. The maximum Gasteiger partial charge on any atom is 0.191 e. The third kappa shape index (κ3) is 4.68. The Labute approximate surface area is 172 Å². The highest BCUT2D eigenvalue weighted by atomic mass is 32.2. The van der Waals surface area contributed by atoms with Gasteiger partial charge in [-0.3, -0.25) is 4.57 Å². The van der Waals surface area contributed by atoms with Crippen molar-refractivity contribution in [2.24, 2.45) is 0 Å². The monoisotopic (exact) mass is 417 g/mol. The fourth-order valence-corrected chi connectivity index (χ4v) is 4.59. The molecule has 1 aliphatic rings. The van der Waals surface area contributed by atoms with Crippen LogP contribution in [-0.4, -0.2) is 46.9 Å². The van der Waals surface area contributed by atoms with E-state index in [2.05, 4.69) is 26.2 Å². The van der Waals surface area contributed by atoms with E-state index in [4.69, 9.17) is 14.2 Å². The third-order valence-corrected chi connectivity index (χ3v) is 6.31. The van der Waals surface area contributed by atoms with E-state index in [1.807, 2.05) is 30.3 Å². The van der Waals surface area contributed by atoms with E-state index in [1.165, 1.54) is 0 Å². The number of ether oxygens (including phenoxy) is 3. The largest absolute Gasteiger partial charge is 0.497 e. The zero-order chi connectivity index (χ0) is 19.2. The molecule has 1 aromatic carbocycles. The summed E-state index contributed by atoms with van der Waals surface area (Å²) in [7, 11) is 1.66. The van der Waals surface area contributed by atoms with Crippen molar-refractivity contribution >= 4 is 23.1 Å². The zero-order valence-electron chi connectivity index (χ0n) is 15.7. The summed E-state index contributed by atoms with van der Waals surface area (Å²) < 4.78 is 19.0. The first-order valence-corrected chi connectivity index (χ1v) is 11.2. The van der Waals surface area contributed by atoms with E-state index >= 15 is 0 Å². The summed E-state index contributed by atoms with van der Waals surface area (Å²) in [6.45, 7) is 2.24. The van der Waals surface area contributed by atoms with Gasteiger partial charge in [-0.1, -0.05) is 17.8 Å². The molecule has 4 rings (SSSR count). The molecule has 28 heavy (non-hydrogen) atoms. The number of methoxy groups -OCH3 is 1. The van der Waals surface area contributed by atoms with Crippen LogP contribution in [0.3, 0.4) is 0 Å². The van der Waals surface area contributed by atoms with Gasteiger partial charge in [0.05, 0.1) is 31.2 Å². The quantitative estimate of drug-likeness (QED) is 0.381. The van der Waals surface area contributed by atoms with Gasteiger partial charge >= 0.3 is 0 Å². The average Bonchev–Trinajstić information content (AvgIpc) is 3.49. The normalized spacial score (nSPS) is 16.4. The minimum atomic E-state index is 0.240. The zero-order valence-corrected chi connectivity index (χ0v) is 17.4. The number of nitrogens with zero attached hydrogens (tertiary/aromatic N) is 3. The number of benzene rings is 1. The predicted molar refractivity (Wildman–Crippen MR) is 112 cm³/mol. The second kappa shape index (κ2) is 9.45. The van der Waals surface area contributed by atoms with E-state index < -0.39 is 0 Å². The van der Waals surface area contributed by atoms with Crippen molar-refractivity contribution in [2.75, 3.05) is 26.1 Å². The van der Waals surface area contributed by atoms with Crippen LogP contribution in [-0.2, 0) is 11.3 Å². The first kappa shape index (κ1) is 19.3. The Balaban J connectivity index is 1.38. The van der Waals surface area contributed by atoms with E-state index in [0.29, 0.717) is 6.61 Å². The maximum atomic E-state index is 5.84. The Morgan fingerprint density at radius 3 is 2.79 bits per heavy atom. The summed E-state index contributed by atoms with van der Waals surface area (Å²) in [4.78, 5) is 1.13. The highest BCUT2D eigenvalue weighted by Crippen LogP contribution is 2.29. The van der Waals surface area contributed by atoms with E-state index in [1.54, 1.807) is 30.2 Å². The van der Waals surface area contributed by atoms with Crippen LogP contribution in [0.2, 0.25) is 0 Å². The summed E-state index contributed by atoms with van der Waals surface area (Å²) in [6, 6.07) is 11.8. The lowest BCUT2D eigenvalue weighted by Crippen LogP contribution is -2.16. The van der Waals surface area contributed by atoms with Crippen LogP contribution < -0.4 is 9.47 Å². The predicted octanol–water partition coefficient (Wildman–Crippen LogP) is 4.37. The summed E-state index contributed by atoms with van der Waals surface area (Å²) >= 11 is 3.35. The number of thioether (sulfide) groups is 1. The van der Waals surface area contributed by atoms with Crippen molar-refractivity contribution in [3.63, 3.8) is 0 Å². The van der Waals surface area contributed by atoms with Crippen LogP contribution in [0, 0.1) is 0 Å². The molecule has 1 aliphatic heterocycles. The molecule has 0 saturated carbocycles. The fraction of sp³-hybridized carbons (Fsp3) is 0.400. The van der Waals surface area contributed by atoms with Gasteiger partial charge in [-0.15, -0.1) is 21.5 Å². The van der Waals surface area contributed by atoms with E-state index in [0.717, 1.165) is 59.1 Å². The van der Waals surface area contributed by atoms with Gasteiger partial charge in [0.25, 0.3) is 0 Å². The van der Waals surface area contributed by atoms with Gasteiger partial charge in [0.1, 0.15) is 11.5 Å². The third-order valence-electron chi connectivity index (χ3n) is 4.51. The molecule has 1 saturated heterocycles. The molecule has 0 radical (unpaired) electrons. The van der Waals surface area contributed by atoms with Gasteiger partial charge in [0.15, 0.2) is 11.0 Å². The van der Waals surface area contributed by atoms with Crippen LogP contribution in [0.15, 0.2) is 46.9 Å². The lowest BCUT2D eigenvalue weighted by molar-refractivity contribution is 0.0953. The minimum absolute atomic E-state index is 0.240. The summed E-state index contributed by atoms with van der Waals surface area (Å²) in [5.41, 5.74) is 0. The summed E-state index contributed by atoms with van der Waals surface area (Å²) in [5, 5.41) is 11.9. The van der Waals surface area contributed by atoms with E-state index in [9.17, 15) is 0 Å². The molecule has 0 bridgehead atoms. The van der Waals surface area contributed by atoms with Gasteiger partial charge in [0.2, 0.25) is 0 Å². The molecule has 0 aliphatic carbocycles. The number of hydrogen-bond donors (Lipinski definition) is 0. The molecule has 148 valence electrons. The van der Waals surface area contributed by atoms with Crippen molar-refractivity contribution < 1.29 is 14.2 Å². The van der Waals surface area contributed by atoms with Gasteiger partial charge in [-0.2, -0.15) is 0 Å². The molecule has 1 unspecified atom stereocenters. The number of aromatic nitrogens is 3. The molecule has 1 atom stereocenters. The molecule has 0 spiro atoms. The Bertz CT molecular complexity index is 859. The van der Waals surface area contributed by atoms with Crippen molar-refractivity contribution in [1.82, 2.24) is 14.8 Å². The van der Waals surface area contributed by atoms with Gasteiger partial charge < -0.3 is 14.2 Å².